The lowest BCUT2D eigenvalue weighted by Gasteiger charge is -2.04. The first-order chi connectivity index (χ1) is 6.91. The molecule has 82 valence electrons. The van der Waals surface area contributed by atoms with Gasteiger partial charge in [0.05, 0.1) is 11.0 Å². The van der Waals surface area contributed by atoms with Crippen molar-refractivity contribution in [2.24, 2.45) is 0 Å². The highest BCUT2D eigenvalue weighted by Gasteiger charge is 2.22. The summed E-state index contributed by atoms with van der Waals surface area (Å²) in [6.45, 7) is -3.34. The number of pyridine rings is 1. The van der Waals surface area contributed by atoms with E-state index >= 15 is 0 Å². The highest BCUT2D eigenvalue weighted by molar-refractivity contribution is 5.42. The molecule has 0 atom stereocenters. The summed E-state index contributed by atoms with van der Waals surface area (Å²) >= 11 is 0. The zero-order valence-electron chi connectivity index (χ0n) is 6.85. The quantitative estimate of drug-likeness (QED) is 0.620. The van der Waals surface area contributed by atoms with Gasteiger partial charge >= 0.3 is 12.3 Å². The summed E-state index contributed by atoms with van der Waals surface area (Å²) in [6, 6.07) is 0.236. The van der Waals surface area contributed by atoms with E-state index in [2.05, 4.69) is 9.72 Å². The molecule has 15 heavy (non-hydrogen) atoms. The van der Waals surface area contributed by atoms with Gasteiger partial charge in [0.15, 0.2) is 5.82 Å². The molecule has 6 nitrogen and oxygen atoms in total. The van der Waals surface area contributed by atoms with E-state index in [-0.39, 0.29) is 6.07 Å². The van der Waals surface area contributed by atoms with Crippen LogP contribution >= 0.6 is 0 Å². The zero-order chi connectivity index (χ0) is 11.6. The third kappa shape index (κ3) is 2.45. The number of halogens is 3. The lowest BCUT2D eigenvalue weighted by Crippen LogP contribution is -2.06. The van der Waals surface area contributed by atoms with Crippen LogP contribution in [0.25, 0.3) is 0 Å². The molecule has 0 aliphatic rings. The van der Waals surface area contributed by atoms with E-state index < -0.39 is 34.8 Å². The van der Waals surface area contributed by atoms with Gasteiger partial charge in [0, 0.05) is 0 Å². The summed E-state index contributed by atoms with van der Waals surface area (Å²) in [5, 5.41) is 19.0. The Labute approximate surface area is 80.1 Å². The van der Waals surface area contributed by atoms with E-state index in [1.165, 1.54) is 0 Å². The van der Waals surface area contributed by atoms with Gasteiger partial charge in [-0.25, -0.2) is 4.39 Å². The Morgan fingerprint density at radius 2 is 2.20 bits per heavy atom. The van der Waals surface area contributed by atoms with Crippen LogP contribution in [0, 0.1) is 15.9 Å². The van der Waals surface area contributed by atoms with Crippen molar-refractivity contribution in [2.75, 3.05) is 0 Å². The fraction of sp³-hybridized carbons (Fsp3) is 0.167. The molecule has 0 saturated carbocycles. The van der Waals surface area contributed by atoms with Crippen LogP contribution in [-0.4, -0.2) is 21.6 Å². The number of alkyl halides is 2. The van der Waals surface area contributed by atoms with Crippen molar-refractivity contribution in [1.29, 1.82) is 0 Å². The Morgan fingerprint density at radius 3 is 2.67 bits per heavy atom. The minimum absolute atomic E-state index is 0.236. The standard InChI is InChI=1S/C6H3F3N2O4/c7-2-1-3(11(13)14)4(12)10-5(2)15-6(8)9/h1,6H,(H,10,12). The molecule has 1 heterocycles. The van der Waals surface area contributed by atoms with Gasteiger partial charge < -0.3 is 9.84 Å². The number of rotatable bonds is 3. The summed E-state index contributed by atoms with van der Waals surface area (Å²) in [6.07, 6.45) is 0. The molecule has 0 bridgehead atoms. The van der Waals surface area contributed by atoms with Gasteiger partial charge in [-0.05, 0) is 0 Å². The van der Waals surface area contributed by atoms with Crippen molar-refractivity contribution in [3.8, 4) is 11.8 Å². The van der Waals surface area contributed by atoms with Gasteiger partial charge in [-0.1, -0.05) is 0 Å². The number of nitrogens with zero attached hydrogens (tertiary/aromatic N) is 2. The van der Waals surface area contributed by atoms with E-state index in [0.717, 1.165) is 0 Å². The van der Waals surface area contributed by atoms with Crippen LogP contribution in [0.4, 0.5) is 18.9 Å². The molecule has 0 aliphatic carbocycles. The molecule has 0 fully saturated rings. The minimum atomic E-state index is -3.34. The number of hydrogen-bond donors (Lipinski definition) is 1. The van der Waals surface area contributed by atoms with E-state index in [1.807, 2.05) is 0 Å². The van der Waals surface area contributed by atoms with E-state index in [0.29, 0.717) is 0 Å². The van der Waals surface area contributed by atoms with E-state index in [9.17, 15) is 23.3 Å². The van der Waals surface area contributed by atoms with Crippen molar-refractivity contribution >= 4 is 5.69 Å². The van der Waals surface area contributed by atoms with Crippen molar-refractivity contribution in [2.45, 2.75) is 6.61 Å². The average Bonchev–Trinajstić information content (AvgIpc) is 2.09. The topological polar surface area (TPSA) is 85.5 Å². The van der Waals surface area contributed by atoms with Crippen LogP contribution in [0.1, 0.15) is 0 Å². The monoisotopic (exact) mass is 224 g/mol. The predicted molar refractivity (Wildman–Crippen MR) is 39.1 cm³/mol. The van der Waals surface area contributed by atoms with Gasteiger partial charge in [-0.15, -0.1) is 0 Å². The second kappa shape index (κ2) is 3.98. The van der Waals surface area contributed by atoms with Crippen LogP contribution in [0.15, 0.2) is 6.07 Å². The lowest BCUT2D eigenvalue weighted by molar-refractivity contribution is -0.386. The molecule has 1 aromatic heterocycles. The van der Waals surface area contributed by atoms with Crippen molar-refractivity contribution in [1.82, 2.24) is 4.98 Å². The van der Waals surface area contributed by atoms with Gasteiger partial charge in [-0.2, -0.15) is 13.8 Å². The molecule has 0 amide bonds. The first kappa shape index (κ1) is 11.0. The Balaban J connectivity index is 3.13. The first-order valence-corrected chi connectivity index (χ1v) is 3.40. The largest absolute Gasteiger partial charge is 0.488 e. The van der Waals surface area contributed by atoms with Crippen LogP contribution in [0.5, 0.6) is 11.8 Å². The maximum absolute atomic E-state index is 12.8. The number of ether oxygens (including phenoxy) is 1. The minimum Gasteiger partial charge on any atom is -0.488 e. The Hall–Kier alpha value is -2.06. The molecule has 0 radical (unpaired) electrons. The molecule has 1 N–H and O–H groups in total. The van der Waals surface area contributed by atoms with Crippen LogP contribution in [-0.2, 0) is 0 Å². The summed E-state index contributed by atoms with van der Waals surface area (Å²) < 4.78 is 39.7. The normalized spacial score (nSPS) is 10.4. The van der Waals surface area contributed by atoms with Gasteiger partial charge in [0.2, 0.25) is 0 Å². The van der Waals surface area contributed by atoms with Gasteiger partial charge in [0.25, 0.3) is 11.8 Å². The molecule has 1 aromatic rings. The summed E-state index contributed by atoms with van der Waals surface area (Å²) in [5.74, 6) is -3.86. The van der Waals surface area contributed by atoms with Crippen LogP contribution in [0.2, 0.25) is 0 Å². The fourth-order valence-electron chi connectivity index (χ4n) is 0.755. The Bertz CT molecular complexity index is 398. The van der Waals surface area contributed by atoms with E-state index in [1.54, 1.807) is 0 Å². The summed E-state index contributed by atoms with van der Waals surface area (Å²) in [7, 11) is 0. The van der Waals surface area contributed by atoms with Crippen LogP contribution in [0.3, 0.4) is 0 Å². The van der Waals surface area contributed by atoms with Crippen molar-refractivity contribution < 1.29 is 27.9 Å². The smallest absolute Gasteiger partial charge is 0.388 e. The number of aromatic nitrogens is 1. The third-order valence-electron chi connectivity index (χ3n) is 1.30. The lowest BCUT2D eigenvalue weighted by atomic mass is 10.4. The highest BCUT2D eigenvalue weighted by atomic mass is 19.3. The van der Waals surface area contributed by atoms with Crippen LogP contribution < -0.4 is 4.74 Å². The molecule has 0 aliphatic heterocycles. The molecule has 0 unspecified atom stereocenters. The summed E-state index contributed by atoms with van der Waals surface area (Å²) in [4.78, 5) is 11.8. The van der Waals surface area contributed by atoms with Crippen molar-refractivity contribution in [3.05, 3.63) is 22.0 Å². The van der Waals surface area contributed by atoms with E-state index in [4.69, 9.17) is 5.11 Å². The highest BCUT2D eigenvalue weighted by Crippen LogP contribution is 2.29. The Morgan fingerprint density at radius 1 is 1.60 bits per heavy atom. The molecule has 1 rings (SSSR count). The summed E-state index contributed by atoms with van der Waals surface area (Å²) in [5.41, 5.74) is -1.03. The average molecular weight is 224 g/mol. The molecule has 9 heteroatoms. The third-order valence-corrected chi connectivity index (χ3v) is 1.30. The molecular formula is C6H3F3N2O4. The molecule has 0 saturated heterocycles. The second-order valence-electron chi connectivity index (χ2n) is 2.25. The Kier molecular flexibility index (Phi) is 2.93. The maximum Gasteiger partial charge on any atom is 0.388 e. The zero-order valence-corrected chi connectivity index (χ0v) is 6.85. The molecule has 0 spiro atoms. The SMILES string of the molecule is O=[N+]([O-])c1cc(F)c(OC(F)F)nc1O. The van der Waals surface area contributed by atoms with Gasteiger partial charge in [0.1, 0.15) is 0 Å². The number of hydrogen-bond acceptors (Lipinski definition) is 5. The van der Waals surface area contributed by atoms with Crippen molar-refractivity contribution in [3.63, 3.8) is 0 Å². The number of nitro groups is 1. The number of aromatic hydroxyl groups is 1. The predicted octanol–water partition coefficient (Wildman–Crippen LogP) is 1.44. The fourth-order valence-corrected chi connectivity index (χ4v) is 0.755. The first-order valence-electron chi connectivity index (χ1n) is 3.40. The molecule has 0 aromatic carbocycles. The van der Waals surface area contributed by atoms with Gasteiger partial charge in [-0.3, -0.25) is 10.1 Å². The maximum atomic E-state index is 12.8. The molecular weight excluding hydrogens is 221 g/mol. The second-order valence-corrected chi connectivity index (χ2v) is 2.25.